The molecule has 0 aliphatic carbocycles. The number of hydrogen-bond acceptors (Lipinski definition) is 2. The van der Waals surface area contributed by atoms with Crippen LogP contribution >= 0.6 is 11.6 Å². The number of carbonyl (C=O) groups is 1. The van der Waals surface area contributed by atoms with Crippen molar-refractivity contribution in [2.24, 2.45) is 0 Å². The van der Waals surface area contributed by atoms with Crippen LogP contribution in [0.1, 0.15) is 23.1 Å². The van der Waals surface area contributed by atoms with E-state index in [0.717, 1.165) is 23.2 Å². The molecule has 0 heterocycles. The lowest BCUT2D eigenvalue weighted by Gasteiger charge is -2.18. The van der Waals surface area contributed by atoms with Crippen molar-refractivity contribution in [3.05, 3.63) is 119 Å². The molecule has 0 radical (unpaired) electrons. The molecule has 0 saturated carbocycles. The molecule has 3 rings (SSSR count). The van der Waals surface area contributed by atoms with Crippen LogP contribution in [0.5, 0.6) is 0 Å². The first-order chi connectivity index (χ1) is 14.5. The quantitative estimate of drug-likeness (QED) is 0.225. The maximum absolute atomic E-state index is 13.2. The van der Waals surface area contributed by atoms with E-state index in [-0.39, 0.29) is 5.78 Å². The summed E-state index contributed by atoms with van der Waals surface area (Å²) in [6.45, 7) is 5.65. The van der Waals surface area contributed by atoms with E-state index < -0.39 is 0 Å². The van der Waals surface area contributed by atoms with E-state index in [9.17, 15) is 4.79 Å². The number of Topliss-reactive ketones (excluding diaryl/α,β-unsaturated/α-hetero) is 1. The predicted octanol–water partition coefficient (Wildman–Crippen LogP) is 6.53. The lowest BCUT2D eigenvalue weighted by molar-refractivity contribution is -0.113. The third kappa shape index (κ3) is 6.55. The van der Waals surface area contributed by atoms with Crippen molar-refractivity contribution in [3.8, 4) is 0 Å². The molecule has 3 heteroatoms. The van der Waals surface area contributed by atoms with Gasteiger partial charge in [-0.1, -0.05) is 96.5 Å². The van der Waals surface area contributed by atoms with Gasteiger partial charge in [-0.15, -0.1) is 0 Å². The molecule has 0 aliphatic heterocycles. The number of rotatable bonds is 9. The van der Waals surface area contributed by atoms with Gasteiger partial charge in [-0.2, -0.15) is 0 Å². The van der Waals surface area contributed by atoms with Gasteiger partial charge in [0, 0.05) is 30.1 Å². The number of carbonyl (C=O) groups excluding carboxylic acids is 1. The SMILES string of the molecule is C=C(CC(=O)/C(=C/c1ccc(Cl)cc1)c1ccccc1)CN(C)Cc1ccccc1. The second-order valence-corrected chi connectivity index (χ2v) is 7.92. The molecular weight excluding hydrogens is 390 g/mol. The first kappa shape index (κ1) is 21.8. The van der Waals surface area contributed by atoms with Crippen molar-refractivity contribution in [2.45, 2.75) is 13.0 Å². The average molecular weight is 416 g/mol. The normalized spacial score (nSPS) is 11.5. The van der Waals surface area contributed by atoms with E-state index in [2.05, 4.69) is 23.6 Å². The van der Waals surface area contributed by atoms with Gasteiger partial charge >= 0.3 is 0 Å². The standard InChI is InChI=1S/C27H26ClNO/c1-21(19-29(2)20-23-9-5-3-6-10-23)17-27(30)26(24-11-7-4-8-12-24)18-22-13-15-25(28)16-14-22/h3-16,18H,1,17,19-20H2,2H3/b26-18+. The predicted molar refractivity (Wildman–Crippen MR) is 127 cm³/mol. The summed E-state index contributed by atoms with van der Waals surface area (Å²) in [6, 6.07) is 27.6. The van der Waals surface area contributed by atoms with Crippen LogP contribution in [0, 0.1) is 0 Å². The molecule has 0 fully saturated rings. The van der Waals surface area contributed by atoms with E-state index in [4.69, 9.17) is 11.6 Å². The van der Waals surface area contributed by atoms with Crippen LogP contribution in [0.3, 0.4) is 0 Å². The highest BCUT2D eigenvalue weighted by Crippen LogP contribution is 2.23. The van der Waals surface area contributed by atoms with Gasteiger partial charge in [-0.3, -0.25) is 9.69 Å². The highest BCUT2D eigenvalue weighted by atomic mass is 35.5. The van der Waals surface area contributed by atoms with Crippen molar-refractivity contribution < 1.29 is 4.79 Å². The molecule has 0 amide bonds. The molecular formula is C27H26ClNO. The molecule has 0 spiro atoms. The van der Waals surface area contributed by atoms with E-state index in [1.165, 1.54) is 5.56 Å². The smallest absolute Gasteiger partial charge is 0.167 e. The van der Waals surface area contributed by atoms with E-state index >= 15 is 0 Å². The third-order valence-corrected chi connectivity index (χ3v) is 5.02. The molecule has 0 aromatic heterocycles. The summed E-state index contributed by atoms with van der Waals surface area (Å²) in [5, 5.41) is 0.676. The van der Waals surface area contributed by atoms with Gasteiger partial charge in [0.15, 0.2) is 5.78 Å². The lowest BCUT2D eigenvalue weighted by atomic mass is 9.95. The number of allylic oxidation sites excluding steroid dienone is 1. The van der Waals surface area contributed by atoms with E-state index in [1.807, 2.05) is 85.9 Å². The van der Waals surface area contributed by atoms with Gasteiger partial charge in [-0.25, -0.2) is 0 Å². The third-order valence-electron chi connectivity index (χ3n) is 4.77. The topological polar surface area (TPSA) is 20.3 Å². The summed E-state index contributed by atoms with van der Waals surface area (Å²) in [6.07, 6.45) is 2.24. The first-order valence-corrected chi connectivity index (χ1v) is 10.3. The number of hydrogen-bond donors (Lipinski definition) is 0. The zero-order valence-corrected chi connectivity index (χ0v) is 18.0. The number of nitrogens with zero attached hydrogens (tertiary/aromatic N) is 1. The van der Waals surface area contributed by atoms with Crippen LogP contribution in [-0.2, 0) is 11.3 Å². The molecule has 0 N–H and O–H groups in total. The Balaban J connectivity index is 1.71. The minimum atomic E-state index is 0.0641. The molecule has 0 atom stereocenters. The summed E-state index contributed by atoms with van der Waals surface area (Å²) in [5.74, 6) is 0.0641. The molecule has 0 unspecified atom stereocenters. The van der Waals surface area contributed by atoms with Gasteiger partial charge < -0.3 is 0 Å². The summed E-state index contributed by atoms with van der Waals surface area (Å²) in [4.78, 5) is 15.4. The molecule has 0 saturated heterocycles. The van der Waals surface area contributed by atoms with Gasteiger partial charge in [0.25, 0.3) is 0 Å². The van der Waals surface area contributed by atoms with Crippen LogP contribution in [0.25, 0.3) is 11.6 Å². The Morgan fingerprint density at radius 3 is 2.17 bits per heavy atom. The molecule has 0 aliphatic rings. The Kier molecular flexibility index (Phi) is 7.78. The van der Waals surface area contributed by atoms with Gasteiger partial charge in [0.2, 0.25) is 0 Å². The van der Waals surface area contributed by atoms with Crippen molar-refractivity contribution in [1.29, 1.82) is 0 Å². The monoisotopic (exact) mass is 415 g/mol. The van der Waals surface area contributed by atoms with Crippen molar-refractivity contribution in [2.75, 3.05) is 13.6 Å². The molecule has 3 aromatic carbocycles. The largest absolute Gasteiger partial charge is 0.298 e. The minimum Gasteiger partial charge on any atom is -0.298 e. The fourth-order valence-corrected chi connectivity index (χ4v) is 3.51. The number of halogens is 1. The maximum atomic E-state index is 13.2. The van der Waals surface area contributed by atoms with Crippen LogP contribution in [0.2, 0.25) is 5.02 Å². The van der Waals surface area contributed by atoms with Crippen molar-refractivity contribution >= 4 is 29.0 Å². The Labute approximate surface area is 184 Å². The van der Waals surface area contributed by atoms with Gasteiger partial charge in [-0.05, 0) is 41.9 Å². The Hall–Kier alpha value is -2.94. The van der Waals surface area contributed by atoms with E-state index in [1.54, 1.807) is 0 Å². The average Bonchev–Trinajstić information content (AvgIpc) is 2.74. The van der Waals surface area contributed by atoms with Crippen LogP contribution in [0.15, 0.2) is 97.1 Å². The number of ketones is 1. The zero-order valence-electron chi connectivity index (χ0n) is 17.2. The van der Waals surface area contributed by atoms with Gasteiger partial charge in [0.1, 0.15) is 0 Å². The zero-order chi connectivity index (χ0) is 21.3. The number of likely N-dealkylation sites (N-methyl/N-ethyl adjacent to an activating group) is 1. The second-order valence-electron chi connectivity index (χ2n) is 7.48. The van der Waals surface area contributed by atoms with Crippen LogP contribution < -0.4 is 0 Å². The molecule has 30 heavy (non-hydrogen) atoms. The lowest BCUT2D eigenvalue weighted by Crippen LogP contribution is -2.21. The van der Waals surface area contributed by atoms with Crippen molar-refractivity contribution in [1.82, 2.24) is 4.90 Å². The van der Waals surface area contributed by atoms with Gasteiger partial charge in [0.05, 0.1) is 0 Å². The Bertz CT molecular complexity index is 1010. The summed E-state index contributed by atoms with van der Waals surface area (Å²) in [5.41, 5.74) is 4.68. The summed E-state index contributed by atoms with van der Waals surface area (Å²) < 4.78 is 0. The Morgan fingerprint density at radius 2 is 1.53 bits per heavy atom. The molecule has 3 aromatic rings. The maximum Gasteiger partial charge on any atom is 0.167 e. The highest BCUT2D eigenvalue weighted by molar-refractivity contribution is 6.30. The second kappa shape index (κ2) is 10.7. The first-order valence-electron chi connectivity index (χ1n) is 9.96. The highest BCUT2D eigenvalue weighted by Gasteiger charge is 2.14. The molecule has 152 valence electrons. The Morgan fingerprint density at radius 1 is 0.933 bits per heavy atom. The van der Waals surface area contributed by atoms with Crippen LogP contribution in [0.4, 0.5) is 0 Å². The summed E-state index contributed by atoms with van der Waals surface area (Å²) in [7, 11) is 2.05. The van der Waals surface area contributed by atoms with E-state index in [0.29, 0.717) is 23.6 Å². The molecule has 2 nitrogen and oxygen atoms in total. The van der Waals surface area contributed by atoms with Crippen molar-refractivity contribution in [3.63, 3.8) is 0 Å². The fraction of sp³-hybridized carbons (Fsp3) is 0.148. The molecule has 0 bridgehead atoms. The minimum absolute atomic E-state index is 0.0641. The fourth-order valence-electron chi connectivity index (χ4n) is 3.38. The number of benzene rings is 3. The van der Waals surface area contributed by atoms with Crippen LogP contribution in [-0.4, -0.2) is 24.3 Å². The summed E-state index contributed by atoms with van der Waals surface area (Å²) >= 11 is 6.00.